The number of nitrogen functional groups attached to an aromatic ring is 1. The van der Waals surface area contributed by atoms with Crippen LogP contribution in [0.25, 0.3) is 0 Å². The summed E-state index contributed by atoms with van der Waals surface area (Å²) in [5.74, 6) is 1.96. The minimum Gasteiger partial charge on any atom is -0.384 e. The molecule has 0 saturated carbocycles. The molecular formula is C14H16N4O. The highest BCUT2D eigenvalue weighted by Crippen LogP contribution is 2.27. The Morgan fingerprint density at radius 2 is 1.89 bits per heavy atom. The molecule has 0 atom stereocenters. The summed E-state index contributed by atoms with van der Waals surface area (Å²) in [6.07, 6.45) is 0. The van der Waals surface area contributed by atoms with Gasteiger partial charge in [-0.25, -0.2) is 9.97 Å². The van der Waals surface area contributed by atoms with Gasteiger partial charge in [0.05, 0.1) is 0 Å². The molecule has 1 aliphatic rings. The van der Waals surface area contributed by atoms with Gasteiger partial charge in [-0.05, 0) is 11.1 Å². The largest absolute Gasteiger partial charge is 0.384 e. The first-order valence-corrected chi connectivity index (χ1v) is 6.20. The molecule has 1 aromatic carbocycles. The van der Waals surface area contributed by atoms with E-state index in [1.807, 2.05) is 6.07 Å². The van der Waals surface area contributed by atoms with E-state index in [2.05, 4.69) is 39.1 Å². The van der Waals surface area contributed by atoms with Crippen molar-refractivity contribution >= 4 is 11.6 Å². The van der Waals surface area contributed by atoms with Crippen LogP contribution in [0.2, 0.25) is 0 Å². The Bertz CT molecular complexity index is 575. The Kier molecular flexibility index (Phi) is 3.05. The molecule has 1 aliphatic heterocycles. The van der Waals surface area contributed by atoms with E-state index in [0.29, 0.717) is 18.2 Å². The van der Waals surface area contributed by atoms with Gasteiger partial charge in [0, 0.05) is 26.3 Å². The van der Waals surface area contributed by atoms with E-state index in [4.69, 9.17) is 10.5 Å². The Morgan fingerprint density at radius 3 is 2.53 bits per heavy atom. The number of methoxy groups -OCH3 is 1. The van der Waals surface area contributed by atoms with Gasteiger partial charge in [-0.3, -0.25) is 0 Å². The Labute approximate surface area is 112 Å². The second-order valence-electron chi connectivity index (χ2n) is 4.63. The summed E-state index contributed by atoms with van der Waals surface area (Å²) in [6.45, 7) is 2.09. The van der Waals surface area contributed by atoms with Crippen LogP contribution in [0.15, 0.2) is 30.3 Å². The molecule has 0 radical (unpaired) electrons. The van der Waals surface area contributed by atoms with Crippen LogP contribution < -0.4 is 10.6 Å². The van der Waals surface area contributed by atoms with Crippen molar-refractivity contribution in [2.45, 2.75) is 19.7 Å². The quantitative estimate of drug-likeness (QED) is 0.906. The second kappa shape index (κ2) is 4.85. The topological polar surface area (TPSA) is 64.3 Å². The van der Waals surface area contributed by atoms with Gasteiger partial charge in [0.1, 0.15) is 18.2 Å². The highest BCUT2D eigenvalue weighted by Gasteiger charge is 2.20. The third kappa shape index (κ3) is 2.37. The van der Waals surface area contributed by atoms with E-state index in [-0.39, 0.29) is 0 Å². The van der Waals surface area contributed by atoms with Crippen molar-refractivity contribution in [1.82, 2.24) is 9.97 Å². The van der Waals surface area contributed by atoms with Gasteiger partial charge >= 0.3 is 0 Å². The smallest absolute Gasteiger partial charge is 0.158 e. The first kappa shape index (κ1) is 11.9. The molecule has 0 unspecified atom stereocenters. The molecule has 0 amide bonds. The number of anilines is 2. The third-order valence-electron chi connectivity index (χ3n) is 3.22. The maximum absolute atomic E-state index is 5.83. The van der Waals surface area contributed by atoms with Crippen molar-refractivity contribution in [3.05, 3.63) is 47.3 Å². The van der Waals surface area contributed by atoms with Crippen LogP contribution >= 0.6 is 0 Å². The molecule has 1 aromatic heterocycles. The number of nitrogens with two attached hydrogens (primary N) is 1. The first-order valence-electron chi connectivity index (χ1n) is 6.20. The molecule has 98 valence electrons. The van der Waals surface area contributed by atoms with E-state index in [0.717, 1.165) is 18.9 Å². The van der Waals surface area contributed by atoms with Crippen molar-refractivity contribution in [3.8, 4) is 0 Å². The summed E-state index contributed by atoms with van der Waals surface area (Å²) in [7, 11) is 1.62. The van der Waals surface area contributed by atoms with Crippen LogP contribution in [0, 0.1) is 0 Å². The van der Waals surface area contributed by atoms with Crippen molar-refractivity contribution in [2.75, 3.05) is 17.7 Å². The van der Waals surface area contributed by atoms with Crippen LogP contribution in [0.5, 0.6) is 0 Å². The Morgan fingerprint density at radius 1 is 1.21 bits per heavy atom. The lowest BCUT2D eigenvalue weighted by Crippen LogP contribution is -2.17. The number of ether oxygens (including phenoxy) is 1. The van der Waals surface area contributed by atoms with Crippen molar-refractivity contribution in [3.63, 3.8) is 0 Å². The molecule has 2 heterocycles. The number of rotatable bonds is 3. The minimum absolute atomic E-state index is 0.374. The fourth-order valence-corrected chi connectivity index (χ4v) is 2.35. The fraction of sp³-hybridized carbons (Fsp3) is 0.286. The molecule has 3 rings (SSSR count). The van der Waals surface area contributed by atoms with Crippen LogP contribution in [0.4, 0.5) is 11.6 Å². The molecule has 0 aliphatic carbocycles. The zero-order chi connectivity index (χ0) is 13.2. The lowest BCUT2D eigenvalue weighted by atomic mass is 10.1. The molecule has 2 aromatic rings. The molecule has 2 N–H and O–H groups in total. The summed E-state index contributed by atoms with van der Waals surface area (Å²) >= 11 is 0. The molecule has 5 nitrogen and oxygen atoms in total. The monoisotopic (exact) mass is 256 g/mol. The molecule has 0 bridgehead atoms. The van der Waals surface area contributed by atoms with Crippen LogP contribution in [0.1, 0.15) is 17.0 Å². The van der Waals surface area contributed by atoms with Crippen LogP contribution in [-0.4, -0.2) is 17.1 Å². The van der Waals surface area contributed by atoms with Crippen LogP contribution in [-0.2, 0) is 24.4 Å². The number of aromatic nitrogens is 2. The van der Waals surface area contributed by atoms with Gasteiger partial charge in [0.15, 0.2) is 5.82 Å². The highest BCUT2D eigenvalue weighted by molar-refractivity contribution is 5.51. The van der Waals surface area contributed by atoms with Gasteiger partial charge in [0.25, 0.3) is 0 Å². The van der Waals surface area contributed by atoms with Gasteiger partial charge < -0.3 is 15.4 Å². The Balaban J connectivity index is 1.88. The summed E-state index contributed by atoms with van der Waals surface area (Å²) in [4.78, 5) is 10.9. The number of fused-ring (bicyclic) bond motifs is 1. The number of nitrogens with zero attached hydrogens (tertiary/aromatic N) is 3. The summed E-state index contributed by atoms with van der Waals surface area (Å²) < 4.78 is 5.06. The van der Waals surface area contributed by atoms with Crippen molar-refractivity contribution < 1.29 is 4.74 Å². The lowest BCUT2D eigenvalue weighted by molar-refractivity contribution is 0.178. The number of hydrogen-bond acceptors (Lipinski definition) is 5. The molecule has 0 spiro atoms. The summed E-state index contributed by atoms with van der Waals surface area (Å²) in [6, 6.07) is 10.2. The highest BCUT2D eigenvalue weighted by atomic mass is 16.5. The molecular weight excluding hydrogens is 240 g/mol. The maximum Gasteiger partial charge on any atom is 0.158 e. The van der Waals surface area contributed by atoms with E-state index >= 15 is 0 Å². The summed E-state index contributed by atoms with van der Waals surface area (Å²) in [5, 5.41) is 0. The molecule has 19 heavy (non-hydrogen) atoms. The third-order valence-corrected chi connectivity index (χ3v) is 3.22. The van der Waals surface area contributed by atoms with Gasteiger partial charge in [-0.1, -0.05) is 24.3 Å². The minimum atomic E-state index is 0.374. The fourth-order valence-electron chi connectivity index (χ4n) is 2.35. The first-order chi connectivity index (χ1) is 9.26. The van der Waals surface area contributed by atoms with Crippen molar-refractivity contribution in [2.24, 2.45) is 0 Å². The van der Waals surface area contributed by atoms with Gasteiger partial charge in [0.2, 0.25) is 0 Å². The predicted molar refractivity (Wildman–Crippen MR) is 73.5 cm³/mol. The second-order valence-corrected chi connectivity index (χ2v) is 4.63. The number of benzene rings is 1. The van der Waals surface area contributed by atoms with Gasteiger partial charge in [-0.15, -0.1) is 0 Å². The standard InChI is InChI=1S/C14H16N4O/c1-19-9-13-16-12(15)6-14(17-13)18-7-10-4-2-3-5-11(10)8-18/h2-6H,7-9H2,1H3,(H2,15,16,17). The lowest BCUT2D eigenvalue weighted by Gasteiger charge is -2.17. The van der Waals surface area contributed by atoms with Gasteiger partial charge in [-0.2, -0.15) is 0 Å². The maximum atomic E-state index is 5.83. The average Bonchev–Trinajstić information content (AvgIpc) is 2.82. The zero-order valence-electron chi connectivity index (χ0n) is 10.8. The normalized spacial score (nSPS) is 13.6. The number of hydrogen-bond donors (Lipinski definition) is 1. The summed E-state index contributed by atoms with van der Waals surface area (Å²) in [5.41, 5.74) is 8.51. The molecule has 5 heteroatoms. The molecule has 0 fully saturated rings. The SMILES string of the molecule is COCc1nc(N)cc(N2Cc3ccccc3C2)n1. The predicted octanol–water partition coefficient (Wildman–Crippen LogP) is 1.73. The zero-order valence-corrected chi connectivity index (χ0v) is 10.8. The van der Waals surface area contributed by atoms with E-state index in [9.17, 15) is 0 Å². The Hall–Kier alpha value is -2.14. The average molecular weight is 256 g/mol. The van der Waals surface area contributed by atoms with Crippen molar-refractivity contribution in [1.29, 1.82) is 0 Å². The van der Waals surface area contributed by atoms with Crippen LogP contribution in [0.3, 0.4) is 0 Å². The van der Waals surface area contributed by atoms with E-state index in [1.54, 1.807) is 7.11 Å². The molecule has 0 saturated heterocycles. The van der Waals surface area contributed by atoms with E-state index in [1.165, 1.54) is 11.1 Å². The van der Waals surface area contributed by atoms with E-state index < -0.39 is 0 Å².